The molecule has 0 amide bonds. The fourth-order valence-corrected chi connectivity index (χ4v) is 2.60. The fourth-order valence-electron chi connectivity index (χ4n) is 1.99. The Hall–Kier alpha value is -2.08. The van der Waals surface area contributed by atoms with Crippen LogP contribution in [0, 0.1) is 13.8 Å². The molecule has 2 rings (SSSR count). The number of anilines is 2. The number of nitrogens with zero attached hydrogens (tertiary/aromatic N) is 2. The first kappa shape index (κ1) is 14.3. The molecule has 2 aromatic rings. The maximum absolute atomic E-state index is 11.2. The minimum absolute atomic E-state index is 0.140. The molecule has 1 aromatic carbocycles. The first-order valence-corrected chi connectivity index (χ1v) is 7.02. The summed E-state index contributed by atoms with van der Waals surface area (Å²) in [6.07, 6.45) is 0. The second kappa shape index (κ2) is 5.50. The van der Waals surface area contributed by atoms with Gasteiger partial charge >= 0.3 is 5.97 Å². The molecule has 20 heavy (non-hydrogen) atoms. The molecule has 0 atom stereocenters. The van der Waals surface area contributed by atoms with Crippen molar-refractivity contribution >= 4 is 28.7 Å². The molecule has 0 aliphatic carbocycles. The van der Waals surface area contributed by atoms with Crippen molar-refractivity contribution in [2.45, 2.75) is 20.4 Å². The van der Waals surface area contributed by atoms with E-state index in [1.165, 1.54) is 0 Å². The molecule has 0 saturated heterocycles. The number of nitrogens with two attached hydrogens (primary N) is 1. The lowest BCUT2D eigenvalue weighted by Gasteiger charge is -2.20. The normalized spacial score (nSPS) is 10.6. The first-order chi connectivity index (χ1) is 9.38. The van der Waals surface area contributed by atoms with E-state index in [2.05, 4.69) is 4.98 Å². The zero-order valence-electron chi connectivity index (χ0n) is 11.7. The van der Waals surface area contributed by atoms with E-state index in [9.17, 15) is 9.90 Å². The molecule has 3 N–H and O–H groups in total. The van der Waals surface area contributed by atoms with Crippen molar-refractivity contribution < 1.29 is 9.90 Å². The molecule has 6 heteroatoms. The van der Waals surface area contributed by atoms with Gasteiger partial charge in [-0.15, -0.1) is 11.3 Å². The topological polar surface area (TPSA) is 79.5 Å². The largest absolute Gasteiger partial charge is 0.478 e. The van der Waals surface area contributed by atoms with Crippen LogP contribution in [0.1, 0.15) is 26.6 Å². The third-order valence-corrected chi connectivity index (χ3v) is 3.93. The average Bonchev–Trinajstić information content (AvgIpc) is 2.77. The van der Waals surface area contributed by atoms with Crippen LogP contribution in [0.2, 0.25) is 0 Å². The lowest BCUT2D eigenvalue weighted by molar-refractivity contribution is 0.0698. The van der Waals surface area contributed by atoms with E-state index in [1.807, 2.05) is 37.2 Å². The highest BCUT2D eigenvalue weighted by atomic mass is 32.1. The van der Waals surface area contributed by atoms with Crippen molar-refractivity contribution in [3.63, 3.8) is 0 Å². The fraction of sp³-hybridized carbons (Fsp3) is 0.286. The van der Waals surface area contributed by atoms with E-state index in [0.717, 1.165) is 22.0 Å². The maximum atomic E-state index is 11.2. The molecular formula is C14H17N3O2S. The zero-order valence-corrected chi connectivity index (χ0v) is 12.5. The monoisotopic (exact) mass is 291 g/mol. The summed E-state index contributed by atoms with van der Waals surface area (Å²) in [4.78, 5) is 17.6. The minimum atomic E-state index is -1.01. The summed E-state index contributed by atoms with van der Waals surface area (Å²) >= 11 is 1.60. The molecular weight excluding hydrogens is 274 g/mol. The number of aromatic carboxylic acids is 1. The van der Waals surface area contributed by atoms with E-state index in [0.29, 0.717) is 12.2 Å². The van der Waals surface area contributed by atoms with Gasteiger partial charge in [0.25, 0.3) is 0 Å². The lowest BCUT2D eigenvalue weighted by atomic mass is 10.1. The molecule has 0 radical (unpaired) electrons. The molecule has 1 aromatic heterocycles. The Morgan fingerprint density at radius 3 is 2.70 bits per heavy atom. The number of carboxylic acids is 1. The van der Waals surface area contributed by atoms with Gasteiger partial charge in [-0.1, -0.05) is 0 Å². The Labute approximate surface area is 121 Å². The van der Waals surface area contributed by atoms with Gasteiger partial charge in [-0.05, 0) is 31.5 Å². The summed E-state index contributed by atoms with van der Waals surface area (Å²) in [6.45, 7) is 4.41. The predicted octanol–water partition coefficient (Wildman–Crippen LogP) is 2.68. The van der Waals surface area contributed by atoms with Crippen LogP contribution in [0.4, 0.5) is 11.4 Å². The van der Waals surface area contributed by atoms with Gasteiger partial charge in [-0.25, -0.2) is 9.78 Å². The Kier molecular flexibility index (Phi) is 3.94. The van der Waals surface area contributed by atoms with Gasteiger partial charge in [0.1, 0.15) is 0 Å². The molecule has 1 heterocycles. The van der Waals surface area contributed by atoms with Crippen molar-refractivity contribution in [1.82, 2.24) is 4.98 Å². The van der Waals surface area contributed by atoms with E-state index >= 15 is 0 Å². The van der Waals surface area contributed by atoms with Crippen LogP contribution < -0.4 is 10.6 Å². The van der Waals surface area contributed by atoms with Crippen molar-refractivity contribution in [3.05, 3.63) is 39.3 Å². The van der Waals surface area contributed by atoms with E-state index in [1.54, 1.807) is 17.4 Å². The Morgan fingerprint density at radius 2 is 2.15 bits per heavy atom. The van der Waals surface area contributed by atoms with Crippen LogP contribution in [0.25, 0.3) is 0 Å². The molecule has 0 bridgehead atoms. The van der Waals surface area contributed by atoms with Gasteiger partial charge in [0.15, 0.2) is 0 Å². The van der Waals surface area contributed by atoms with Crippen molar-refractivity contribution in [1.29, 1.82) is 0 Å². The van der Waals surface area contributed by atoms with E-state index < -0.39 is 5.97 Å². The van der Waals surface area contributed by atoms with Gasteiger partial charge in [0, 0.05) is 23.8 Å². The number of carbonyl (C=O) groups is 1. The lowest BCUT2D eigenvalue weighted by Crippen LogP contribution is -2.18. The molecule has 106 valence electrons. The zero-order chi connectivity index (χ0) is 14.9. The molecule has 0 aliphatic heterocycles. The smallest absolute Gasteiger partial charge is 0.337 e. The molecule has 5 nitrogen and oxygen atoms in total. The van der Waals surface area contributed by atoms with Gasteiger partial charge in [0.05, 0.1) is 22.8 Å². The van der Waals surface area contributed by atoms with Gasteiger partial charge in [-0.3, -0.25) is 0 Å². The number of aromatic nitrogens is 1. The molecule has 0 saturated carbocycles. The summed E-state index contributed by atoms with van der Waals surface area (Å²) in [5.74, 6) is -1.01. The van der Waals surface area contributed by atoms with Crippen LogP contribution in [0.5, 0.6) is 0 Å². The summed E-state index contributed by atoms with van der Waals surface area (Å²) in [6, 6.07) is 3.49. The number of aryl methyl sites for hydroxylation is 2. The van der Waals surface area contributed by atoms with Crippen LogP contribution in [0.3, 0.4) is 0 Å². The summed E-state index contributed by atoms with van der Waals surface area (Å²) < 4.78 is 0. The van der Waals surface area contributed by atoms with Gasteiger partial charge in [-0.2, -0.15) is 0 Å². The Bertz CT molecular complexity index is 652. The number of hydrogen-bond donors (Lipinski definition) is 2. The van der Waals surface area contributed by atoms with Crippen LogP contribution in [-0.4, -0.2) is 23.1 Å². The third-order valence-electron chi connectivity index (χ3n) is 3.11. The molecule has 0 fully saturated rings. The second-order valence-corrected chi connectivity index (χ2v) is 5.81. The highest BCUT2D eigenvalue weighted by Crippen LogP contribution is 2.26. The number of hydrogen-bond acceptors (Lipinski definition) is 5. The summed E-state index contributed by atoms with van der Waals surface area (Å²) in [7, 11) is 1.91. The van der Waals surface area contributed by atoms with Crippen molar-refractivity contribution in [3.8, 4) is 0 Å². The van der Waals surface area contributed by atoms with Crippen LogP contribution in [0.15, 0.2) is 17.5 Å². The second-order valence-electron chi connectivity index (χ2n) is 4.74. The van der Waals surface area contributed by atoms with Gasteiger partial charge in [0.2, 0.25) is 0 Å². The molecule has 0 spiro atoms. The summed E-state index contributed by atoms with van der Waals surface area (Å²) in [5.41, 5.74) is 8.81. The maximum Gasteiger partial charge on any atom is 0.337 e. The first-order valence-electron chi connectivity index (χ1n) is 6.14. The van der Waals surface area contributed by atoms with E-state index in [-0.39, 0.29) is 5.56 Å². The number of carboxylic acid groups (broad SMARTS) is 1. The average molecular weight is 291 g/mol. The van der Waals surface area contributed by atoms with E-state index in [4.69, 9.17) is 5.73 Å². The van der Waals surface area contributed by atoms with Crippen molar-refractivity contribution in [2.75, 3.05) is 17.7 Å². The number of thiazole rings is 1. The van der Waals surface area contributed by atoms with Crippen LogP contribution >= 0.6 is 11.3 Å². The highest BCUT2D eigenvalue weighted by Gasteiger charge is 2.14. The van der Waals surface area contributed by atoms with Crippen molar-refractivity contribution in [2.24, 2.45) is 0 Å². The number of benzene rings is 1. The summed E-state index contributed by atoms with van der Waals surface area (Å²) in [5, 5.41) is 12.2. The standard InChI is InChI=1S/C14H17N3O2S/c1-8-4-11(5-12(13(8)15)14(18)19)17(3)6-10-7-20-9(2)16-10/h4-5,7H,6,15H2,1-3H3,(H,18,19). The quantitative estimate of drug-likeness (QED) is 0.847. The third kappa shape index (κ3) is 2.91. The number of rotatable bonds is 4. The SMILES string of the molecule is Cc1nc(CN(C)c2cc(C)c(N)c(C(=O)O)c2)cs1. The predicted molar refractivity (Wildman–Crippen MR) is 81.5 cm³/mol. The Balaban J connectivity index is 2.30. The highest BCUT2D eigenvalue weighted by molar-refractivity contribution is 7.09. The minimum Gasteiger partial charge on any atom is -0.478 e. The number of nitrogen functional groups attached to an aromatic ring is 1. The van der Waals surface area contributed by atoms with Crippen LogP contribution in [-0.2, 0) is 6.54 Å². The Morgan fingerprint density at radius 1 is 1.45 bits per heavy atom. The molecule has 0 aliphatic rings. The van der Waals surface area contributed by atoms with Gasteiger partial charge < -0.3 is 15.7 Å². The molecule has 0 unspecified atom stereocenters.